The molecule has 0 aliphatic carbocycles. The highest BCUT2D eigenvalue weighted by atomic mass is 35.5. The van der Waals surface area contributed by atoms with Crippen molar-refractivity contribution >= 4 is 22.5 Å². The molecule has 2 nitrogen and oxygen atoms in total. The van der Waals surface area contributed by atoms with Gasteiger partial charge in [0.2, 0.25) is 0 Å². The topological polar surface area (TPSA) is 25.8 Å². The highest BCUT2D eigenvalue weighted by molar-refractivity contribution is 6.29. The van der Waals surface area contributed by atoms with Crippen LogP contribution in [0.15, 0.2) is 24.5 Å². The van der Waals surface area contributed by atoms with Gasteiger partial charge in [-0.2, -0.15) is 0 Å². The minimum Gasteiger partial charge on any atom is -0.262 e. The number of hydrogen-bond donors (Lipinski definition) is 0. The number of hydrogen-bond acceptors (Lipinski definition) is 2. The zero-order valence-electron chi connectivity index (χ0n) is 8.16. The smallest absolute Gasteiger partial charge is 0.130 e. The van der Waals surface area contributed by atoms with Crippen LogP contribution in [0, 0.1) is 0 Å². The summed E-state index contributed by atoms with van der Waals surface area (Å²) in [6.45, 7) is 4.29. The maximum absolute atomic E-state index is 5.93. The van der Waals surface area contributed by atoms with Crippen molar-refractivity contribution in [2.24, 2.45) is 0 Å². The van der Waals surface area contributed by atoms with E-state index in [4.69, 9.17) is 11.6 Å². The van der Waals surface area contributed by atoms with E-state index < -0.39 is 0 Å². The molecule has 2 heterocycles. The Morgan fingerprint density at radius 2 is 2.14 bits per heavy atom. The molecule has 0 amide bonds. The molecular formula is C11H11ClN2. The monoisotopic (exact) mass is 206 g/mol. The highest BCUT2D eigenvalue weighted by Gasteiger charge is 2.07. The van der Waals surface area contributed by atoms with Gasteiger partial charge in [0.25, 0.3) is 0 Å². The molecular weight excluding hydrogens is 196 g/mol. The summed E-state index contributed by atoms with van der Waals surface area (Å²) in [6.07, 6.45) is 3.52. The maximum Gasteiger partial charge on any atom is 0.130 e. The highest BCUT2D eigenvalue weighted by Crippen LogP contribution is 2.25. The van der Waals surface area contributed by atoms with Crippen molar-refractivity contribution in [2.45, 2.75) is 19.8 Å². The Kier molecular flexibility index (Phi) is 2.38. The summed E-state index contributed by atoms with van der Waals surface area (Å²) in [7, 11) is 0. The predicted molar refractivity (Wildman–Crippen MR) is 58.6 cm³/mol. The van der Waals surface area contributed by atoms with Crippen molar-refractivity contribution in [3.63, 3.8) is 0 Å². The summed E-state index contributed by atoms with van der Waals surface area (Å²) >= 11 is 5.93. The van der Waals surface area contributed by atoms with E-state index in [9.17, 15) is 0 Å². The lowest BCUT2D eigenvalue weighted by molar-refractivity contribution is 0.874. The molecule has 2 rings (SSSR count). The molecule has 0 saturated carbocycles. The number of halogens is 1. The summed E-state index contributed by atoms with van der Waals surface area (Å²) in [4.78, 5) is 8.25. The van der Waals surface area contributed by atoms with Gasteiger partial charge in [0.05, 0.1) is 11.7 Å². The van der Waals surface area contributed by atoms with Crippen LogP contribution >= 0.6 is 11.6 Å². The fourth-order valence-corrected chi connectivity index (χ4v) is 1.76. The van der Waals surface area contributed by atoms with Crippen LogP contribution in [0.3, 0.4) is 0 Å². The van der Waals surface area contributed by atoms with Crippen LogP contribution in [-0.2, 0) is 0 Å². The van der Waals surface area contributed by atoms with E-state index in [-0.39, 0.29) is 0 Å². The Labute approximate surface area is 88.0 Å². The van der Waals surface area contributed by atoms with Crippen molar-refractivity contribution < 1.29 is 0 Å². The van der Waals surface area contributed by atoms with Crippen molar-refractivity contribution in [1.82, 2.24) is 9.97 Å². The Hall–Kier alpha value is -1.15. The molecule has 0 saturated heterocycles. The van der Waals surface area contributed by atoms with Crippen LogP contribution in [0.4, 0.5) is 0 Å². The van der Waals surface area contributed by atoms with E-state index in [1.165, 1.54) is 5.56 Å². The molecule has 0 aliphatic heterocycles. The molecule has 2 aromatic rings. The van der Waals surface area contributed by atoms with E-state index in [0.29, 0.717) is 11.1 Å². The number of rotatable bonds is 1. The zero-order chi connectivity index (χ0) is 10.1. The average Bonchev–Trinajstić information content (AvgIpc) is 2.16. The van der Waals surface area contributed by atoms with Crippen LogP contribution in [0.25, 0.3) is 10.9 Å². The fraction of sp³-hybridized carbons (Fsp3) is 0.273. The van der Waals surface area contributed by atoms with Crippen molar-refractivity contribution in [1.29, 1.82) is 0 Å². The third-order valence-electron chi connectivity index (χ3n) is 2.23. The quantitative estimate of drug-likeness (QED) is 0.669. The van der Waals surface area contributed by atoms with Crippen LogP contribution in [0.1, 0.15) is 25.3 Å². The Morgan fingerprint density at radius 3 is 2.86 bits per heavy atom. The summed E-state index contributed by atoms with van der Waals surface area (Å²) in [5, 5.41) is 1.67. The standard InChI is InChI=1S/C11H11ClN2/c1-7(2)9-5-11(12)14-10-6-13-4-3-8(9)10/h3-7H,1-2H3. The Balaban J connectivity index is 2.80. The van der Waals surface area contributed by atoms with Crippen LogP contribution < -0.4 is 0 Å². The van der Waals surface area contributed by atoms with Crippen LogP contribution in [0.2, 0.25) is 5.15 Å². The maximum atomic E-state index is 5.93. The molecule has 0 bridgehead atoms. The van der Waals surface area contributed by atoms with Gasteiger partial charge in [0.15, 0.2) is 0 Å². The van der Waals surface area contributed by atoms with Crippen LogP contribution in [-0.4, -0.2) is 9.97 Å². The van der Waals surface area contributed by atoms with Gasteiger partial charge >= 0.3 is 0 Å². The third kappa shape index (κ3) is 1.58. The minimum atomic E-state index is 0.445. The van der Waals surface area contributed by atoms with E-state index in [1.54, 1.807) is 12.4 Å². The molecule has 0 N–H and O–H groups in total. The van der Waals surface area contributed by atoms with Gasteiger partial charge in [-0.1, -0.05) is 25.4 Å². The minimum absolute atomic E-state index is 0.445. The first-order valence-electron chi connectivity index (χ1n) is 4.58. The first kappa shape index (κ1) is 9.41. The lowest BCUT2D eigenvalue weighted by Gasteiger charge is -2.09. The zero-order valence-corrected chi connectivity index (χ0v) is 8.92. The molecule has 0 spiro atoms. The molecule has 0 aromatic carbocycles. The largest absolute Gasteiger partial charge is 0.262 e. The van der Waals surface area contributed by atoms with Crippen molar-refractivity contribution in [2.75, 3.05) is 0 Å². The summed E-state index contributed by atoms with van der Waals surface area (Å²) in [5.41, 5.74) is 2.09. The second-order valence-electron chi connectivity index (χ2n) is 3.58. The molecule has 0 fully saturated rings. The summed E-state index contributed by atoms with van der Waals surface area (Å²) in [5.74, 6) is 0.445. The number of fused-ring (bicyclic) bond motifs is 1. The molecule has 72 valence electrons. The van der Waals surface area contributed by atoms with Gasteiger partial charge in [-0.3, -0.25) is 4.98 Å². The first-order valence-corrected chi connectivity index (χ1v) is 4.96. The molecule has 0 atom stereocenters. The van der Waals surface area contributed by atoms with E-state index >= 15 is 0 Å². The Bertz CT molecular complexity index is 466. The molecule has 14 heavy (non-hydrogen) atoms. The van der Waals surface area contributed by atoms with Gasteiger partial charge < -0.3 is 0 Å². The molecule has 0 aliphatic rings. The number of aromatic nitrogens is 2. The van der Waals surface area contributed by atoms with E-state index in [0.717, 1.165) is 10.9 Å². The van der Waals surface area contributed by atoms with Gasteiger partial charge in [0, 0.05) is 11.6 Å². The predicted octanol–water partition coefficient (Wildman–Crippen LogP) is 3.41. The number of nitrogens with zero attached hydrogens (tertiary/aromatic N) is 2. The van der Waals surface area contributed by atoms with Gasteiger partial charge in [-0.15, -0.1) is 0 Å². The Morgan fingerprint density at radius 1 is 1.36 bits per heavy atom. The van der Waals surface area contributed by atoms with E-state index in [2.05, 4.69) is 23.8 Å². The number of pyridine rings is 2. The second-order valence-corrected chi connectivity index (χ2v) is 3.97. The average molecular weight is 207 g/mol. The van der Waals surface area contributed by atoms with E-state index in [1.807, 2.05) is 12.1 Å². The molecule has 0 unspecified atom stereocenters. The fourth-order valence-electron chi connectivity index (χ4n) is 1.55. The first-order chi connectivity index (χ1) is 6.68. The lowest BCUT2D eigenvalue weighted by Crippen LogP contribution is -1.92. The molecule has 0 radical (unpaired) electrons. The van der Waals surface area contributed by atoms with Gasteiger partial charge in [0.1, 0.15) is 5.15 Å². The van der Waals surface area contributed by atoms with Gasteiger partial charge in [-0.05, 0) is 23.6 Å². The van der Waals surface area contributed by atoms with Crippen molar-refractivity contribution in [3.05, 3.63) is 35.2 Å². The van der Waals surface area contributed by atoms with Gasteiger partial charge in [-0.25, -0.2) is 4.98 Å². The van der Waals surface area contributed by atoms with Crippen molar-refractivity contribution in [3.8, 4) is 0 Å². The molecule has 3 heteroatoms. The lowest BCUT2D eigenvalue weighted by atomic mass is 10.0. The molecule has 2 aromatic heterocycles. The summed E-state index contributed by atoms with van der Waals surface area (Å²) in [6, 6.07) is 3.91. The normalized spacial score (nSPS) is 11.1. The second kappa shape index (κ2) is 3.54. The van der Waals surface area contributed by atoms with Crippen LogP contribution in [0.5, 0.6) is 0 Å². The SMILES string of the molecule is CC(C)c1cc(Cl)nc2cnccc12. The third-order valence-corrected chi connectivity index (χ3v) is 2.43. The summed E-state index contributed by atoms with van der Waals surface area (Å²) < 4.78 is 0.